The summed E-state index contributed by atoms with van der Waals surface area (Å²) in [4.78, 5) is 14.5. The lowest BCUT2D eigenvalue weighted by Gasteiger charge is -2.24. The van der Waals surface area contributed by atoms with Gasteiger partial charge in [0.25, 0.3) is 5.91 Å². The average molecular weight is 379 g/mol. The van der Waals surface area contributed by atoms with Crippen LogP contribution in [-0.2, 0) is 0 Å². The van der Waals surface area contributed by atoms with Crippen LogP contribution in [0.2, 0.25) is 0 Å². The van der Waals surface area contributed by atoms with Gasteiger partial charge in [-0.25, -0.2) is 0 Å². The van der Waals surface area contributed by atoms with Crippen molar-refractivity contribution in [3.63, 3.8) is 0 Å². The normalized spacial score (nSPS) is 15.5. The molecule has 2 heterocycles. The molecular formula is C21H21N3O4. The number of aromatic nitrogens is 2. The molecule has 1 aromatic heterocycles. The van der Waals surface area contributed by atoms with E-state index in [1.165, 1.54) is 0 Å². The fourth-order valence-electron chi connectivity index (χ4n) is 3.67. The van der Waals surface area contributed by atoms with Gasteiger partial charge in [-0.1, -0.05) is 12.1 Å². The Morgan fingerprint density at radius 1 is 1.00 bits per heavy atom. The zero-order valence-corrected chi connectivity index (χ0v) is 16.1. The van der Waals surface area contributed by atoms with Crippen molar-refractivity contribution in [3.8, 4) is 28.5 Å². The van der Waals surface area contributed by atoms with Gasteiger partial charge in [-0.15, -0.1) is 0 Å². The van der Waals surface area contributed by atoms with Crippen molar-refractivity contribution in [1.29, 1.82) is 0 Å². The molecule has 1 aliphatic heterocycles. The zero-order valence-electron chi connectivity index (χ0n) is 16.1. The lowest BCUT2D eigenvalue weighted by molar-refractivity contribution is 0.0786. The molecular weight excluding hydrogens is 358 g/mol. The van der Waals surface area contributed by atoms with Crippen LogP contribution in [0, 0.1) is 0 Å². The van der Waals surface area contributed by atoms with Gasteiger partial charge < -0.3 is 19.1 Å². The molecule has 0 saturated carbocycles. The first-order valence-corrected chi connectivity index (χ1v) is 8.80. The highest BCUT2D eigenvalue weighted by Gasteiger charge is 2.41. The summed E-state index contributed by atoms with van der Waals surface area (Å²) in [5.74, 6) is 1.97. The molecule has 3 aromatic rings. The number of nitrogens with zero attached hydrogens (tertiary/aromatic N) is 2. The van der Waals surface area contributed by atoms with Gasteiger partial charge in [0.2, 0.25) is 0 Å². The van der Waals surface area contributed by atoms with Gasteiger partial charge in [0.1, 0.15) is 22.9 Å². The number of carbonyl (C=O) groups is 1. The minimum absolute atomic E-state index is 0.119. The summed E-state index contributed by atoms with van der Waals surface area (Å²) < 4.78 is 16.3. The summed E-state index contributed by atoms with van der Waals surface area (Å²) >= 11 is 0. The maximum atomic E-state index is 12.9. The highest BCUT2D eigenvalue weighted by atomic mass is 16.5. The molecule has 0 saturated heterocycles. The number of carbonyl (C=O) groups excluding carboxylic acids is 1. The van der Waals surface area contributed by atoms with Crippen LogP contribution in [0.15, 0.2) is 42.5 Å². The number of benzene rings is 2. The summed E-state index contributed by atoms with van der Waals surface area (Å²) in [6, 6.07) is 12.8. The lowest BCUT2D eigenvalue weighted by Crippen LogP contribution is -2.25. The van der Waals surface area contributed by atoms with Crippen LogP contribution in [0.3, 0.4) is 0 Å². The fourth-order valence-corrected chi connectivity index (χ4v) is 3.67. The molecule has 28 heavy (non-hydrogen) atoms. The summed E-state index contributed by atoms with van der Waals surface area (Å²) in [6.45, 7) is 0. The van der Waals surface area contributed by atoms with Crippen LogP contribution >= 0.6 is 0 Å². The number of aromatic amines is 1. The van der Waals surface area contributed by atoms with Crippen molar-refractivity contribution in [1.82, 2.24) is 15.1 Å². The lowest BCUT2D eigenvalue weighted by atomic mass is 9.95. The van der Waals surface area contributed by atoms with Gasteiger partial charge in [-0.05, 0) is 30.3 Å². The van der Waals surface area contributed by atoms with Crippen molar-refractivity contribution < 1.29 is 19.0 Å². The molecule has 0 spiro atoms. The molecule has 7 heteroatoms. The minimum Gasteiger partial charge on any atom is -0.497 e. The van der Waals surface area contributed by atoms with E-state index >= 15 is 0 Å². The number of rotatable bonds is 5. The van der Waals surface area contributed by atoms with Gasteiger partial charge in [0.15, 0.2) is 0 Å². The van der Waals surface area contributed by atoms with Crippen molar-refractivity contribution in [2.45, 2.75) is 6.04 Å². The number of hydrogen-bond acceptors (Lipinski definition) is 5. The van der Waals surface area contributed by atoms with E-state index in [0.717, 1.165) is 22.4 Å². The minimum atomic E-state index is -0.354. The van der Waals surface area contributed by atoms with Crippen molar-refractivity contribution in [2.24, 2.45) is 0 Å². The van der Waals surface area contributed by atoms with E-state index in [1.54, 1.807) is 33.3 Å². The first kappa shape index (κ1) is 17.9. The fraction of sp³-hybridized carbons (Fsp3) is 0.238. The SMILES string of the molecule is COc1cccc(-c2n[nH]c3c2C(c2cc(OC)ccc2OC)N(C)C3=O)c1. The summed E-state index contributed by atoms with van der Waals surface area (Å²) in [7, 11) is 6.62. The Hall–Kier alpha value is -3.48. The van der Waals surface area contributed by atoms with E-state index in [2.05, 4.69) is 10.2 Å². The van der Waals surface area contributed by atoms with E-state index in [0.29, 0.717) is 22.9 Å². The maximum Gasteiger partial charge on any atom is 0.272 e. The molecule has 0 fully saturated rings. The van der Waals surface area contributed by atoms with E-state index < -0.39 is 0 Å². The quantitative estimate of drug-likeness (QED) is 0.736. The van der Waals surface area contributed by atoms with Gasteiger partial charge >= 0.3 is 0 Å². The van der Waals surface area contributed by atoms with Gasteiger partial charge in [-0.2, -0.15) is 5.10 Å². The van der Waals surface area contributed by atoms with Crippen molar-refractivity contribution in [3.05, 3.63) is 59.3 Å². The van der Waals surface area contributed by atoms with Crippen LogP contribution in [0.4, 0.5) is 0 Å². The average Bonchev–Trinajstić information content (AvgIpc) is 3.27. The second-order valence-electron chi connectivity index (χ2n) is 6.52. The maximum absolute atomic E-state index is 12.9. The second kappa shape index (κ2) is 6.92. The summed E-state index contributed by atoms with van der Waals surface area (Å²) in [5.41, 5.74) is 3.71. The standard InChI is InChI=1S/C21H21N3O4/c1-24-20(15-11-14(27-3)8-9-16(15)28-4)17-18(22-23-19(17)21(24)25)12-6-5-7-13(10-12)26-2/h5-11,20H,1-4H3,(H,22,23). The topological polar surface area (TPSA) is 76.7 Å². The Morgan fingerprint density at radius 2 is 1.75 bits per heavy atom. The summed E-state index contributed by atoms with van der Waals surface area (Å²) in [6.07, 6.45) is 0. The number of nitrogens with one attached hydrogen (secondary N) is 1. The Labute approximate surface area is 162 Å². The van der Waals surface area contributed by atoms with E-state index in [1.807, 2.05) is 42.5 Å². The highest BCUT2D eigenvalue weighted by Crippen LogP contribution is 2.45. The van der Waals surface area contributed by atoms with E-state index in [-0.39, 0.29) is 11.9 Å². The number of hydrogen-bond donors (Lipinski definition) is 1. The molecule has 144 valence electrons. The Balaban J connectivity index is 1.92. The smallest absolute Gasteiger partial charge is 0.272 e. The molecule has 7 nitrogen and oxygen atoms in total. The Morgan fingerprint density at radius 3 is 2.46 bits per heavy atom. The van der Waals surface area contributed by atoms with Gasteiger partial charge in [-0.3, -0.25) is 9.89 Å². The molecule has 0 bridgehead atoms. The molecule has 0 radical (unpaired) electrons. The molecule has 2 aromatic carbocycles. The number of H-pyrrole nitrogens is 1. The molecule has 4 rings (SSSR count). The first-order valence-electron chi connectivity index (χ1n) is 8.80. The molecule has 1 N–H and O–H groups in total. The monoisotopic (exact) mass is 379 g/mol. The van der Waals surface area contributed by atoms with Crippen LogP contribution in [0.1, 0.15) is 27.7 Å². The predicted octanol–water partition coefficient (Wildman–Crippen LogP) is 3.28. The molecule has 1 unspecified atom stereocenters. The van der Waals surface area contributed by atoms with E-state index in [9.17, 15) is 4.79 Å². The predicted molar refractivity (Wildman–Crippen MR) is 104 cm³/mol. The number of amides is 1. The van der Waals surface area contributed by atoms with Crippen LogP contribution in [-0.4, -0.2) is 49.4 Å². The van der Waals surface area contributed by atoms with Crippen LogP contribution in [0.25, 0.3) is 11.3 Å². The van der Waals surface area contributed by atoms with Crippen LogP contribution in [0.5, 0.6) is 17.2 Å². The third kappa shape index (κ3) is 2.67. The molecule has 0 aliphatic carbocycles. The Kier molecular flexibility index (Phi) is 4.43. The molecule has 1 amide bonds. The number of fused-ring (bicyclic) bond motifs is 1. The largest absolute Gasteiger partial charge is 0.497 e. The van der Waals surface area contributed by atoms with Gasteiger partial charge in [0, 0.05) is 23.7 Å². The van der Waals surface area contributed by atoms with Crippen LogP contribution < -0.4 is 14.2 Å². The van der Waals surface area contributed by atoms with E-state index in [4.69, 9.17) is 14.2 Å². The third-order valence-corrected chi connectivity index (χ3v) is 5.07. The van der Waals surface area contributed by atoms with Crippen molar-refractivity contribution in [2.75, 3.05) is 28.4 Å². The van der Waals surface area contributed by atoms with Gasteiger partial charge in [0.05, 0.1) is 33.1 Å². The number of methoxy groups -OCH3 is 3. The zero-order chi connectivity index (χ0) is 19.8. The Bertz CT molecular complexity index is 1040. The number of ether oxygens (including phenoxy) is 3. The first-order chi connectivity index (χ1) is 13.6. The molecule has 1 aliphatic rings. The van der Waals surface area contributed by atoms with Crippen molar-refractivity contribution >= 4 is 5.91 Å². The summed E-state index contributed by atoms with van der Waals surface area (Å²) in [5, 5.41) is 7.36. The molecule has 1 atom stereocenters. The highest BCUT2D eigenvalue weighted by molar-refractivity contribution is 6.00. The third-order valence-electron chi connectivity index (χ3n) is 5.07. The second-order valence-corrected chi connectivity index (χ2v) is 6.52.